The van der Waals surface area contributed by atoms with Crippen molar-refractivity contribution in [2.45, 2.75) is 26.1 Å². The Balaban J connectivity index is 1.67. The predicted molar refractivity (Wildman–Crippen MR) is 119 cm³/mol. The number of nitrogens with zero attached hydrogens (tertiary/aromatic N) is 2. The maximum absolute atomic E-state index is 15.4. The van der Waals surface area contributed by atoms with Crippen molar-refractivity contribution in [2.75, 3.05) is 24.5 Å². The fraction of sp³-hybridized carbons (Fsp3) is 0.292. The molecule has 1 aromatic heterocycles. The van der Waals surface area contributed by atoms with Crippen LogP contribution in [-0.2, 0) is 17.9 Å². The first-order valence-electron chi connectivity index (χ1n) is 10.8. The van der Waals surface area contributed by atoms with Gasteiger partial charge in [0, 0.05) is 43.3 Å². The fourth-order valence-electron chi connectivity index (χ4n) is 4.79. The molecule has 0 bridgehead atoms. The molecule has 8 nitrogen and oxygen atoms in total. The molecular formula is C24H22FN3O5. The van der Waals surface area contributed by atoms with E-state index in [0.717, 1.165) is 17.2 Å². The van der Waals surface area contributed by atoms with E-state index in [-0.39, 0.29) is 29.6 Å². The van der Waals surface area contributed by atoms with Gasteiger partial charge >= 0.3 is 11.9 Å². The van der Waals surface area contributed by atoms with Crippen LogP contribution in [-0.4, -0.2) is 41.2 Å². The number of aromatic nitrogens is 1. The number of piperazine rings is 1. The second kappa shape index (κ2) is 8.00. The maximum Gasteiger partial charge on any atom is 0.341 e. The van der Waals surface area contributed by atoms with Crippen LogP contribution in [0.3, 0.4) is 0 Å². The van der Waals surface area contributed by atoms with Gasteiger partial charge in [-0.05, 0) is 30.7 Å². The molecule has 33 heavy (non-hydrogen) atoms. The third-order valence-corrected chi connectivity index (χ3v) is 6.41. The molecule has 2 aliphatic rings. The Morgan fingerprint density at radius 3 is 2.88 bits per heavy atom. The van der Waals surface area contributed by atoms with Crippen molar-refractivity contribution in [1.82, 2.24) is 9.88 Å². The van der Waals surface area contributed by atoms with E-state index >= 15 is 4.39 Å². The highest BCUT2D eigenvalue weighted by Gasteiger charge is 2.32. The Labute approximate surface area is 188 Å². The Bertz CT molecular complexity index is 1370. The zero-order valence-electron chi connectivity index (χ0n) is 17.9. The number of ether oxygens (including phenoxy) is 1. The number of anilines is 1. The van der Waals surface area contributed by atoms with E-state index in [1.165, 1.54) is 6.20 Å². The van der Waals surface area contributed by atoms with E-state index < -0.39 is 17.2 Å². The third-order valence-electron chi connectivity index (χ3n) is 6.41. The van der Waals surface area contributed by atoms with Crippen LogP contribution in [0, 0.1) is 5.82 Å². The van der Waals surface area contributed by atoms with Crippen LogP contribution < -0.4 is 15.6 Å². The number of fused-ring (bicyclic) bond motifs is 2. The Hall–Kier alpha value is -3.72. The minimum absolute atomic E-state index is 0.0317. The Morgan fingerprint density at radius 2 is 2.12 bits per heavy atom. The molecule has 0 aliphatic carbocycles. The largest absolute Gasteiger partial charge is 0.477 e. The zero-order chi connectivity index (χ0) is 23.3. The molecule has 1 saturated heterocycles. The number of nitrogens with one attached hydrogen (secondary N) is 1. The van der Waals surface area contributed by atoms with Gasteiger partial charge in [0.05, 0.1) is 22.8 Å². The van der Waals surface area contributed by atoms with Gasteiger partial charge in [0.1, 0.15) is 18.0 Å². The number of rotatable bonds is 4. The molecule has 1 atom stereocenters. The summed E-state index contributed by atoms with van der Waals surface area (Å²) >= 11 is 0. The number of aryl methyl sites for hydroxylation is 1. The molecule has 0 saturated carbocycles. The van der Waals surface area contributed by atoms with Gasteiger partial charge < -0.3 is 24.6 Å². The normalized spacial score (nSPS) is 17.8. The lowest BCUT2D eigenvalue weighted by atomic mass is 9.94. The summed E-state index contributed by atoms with van der Waals surface area (Å²) < 4.78 is 22.3. The van der Waals surface area contributed by atoms with Crippen LogP contribution in [0.5, 0.6) is 0 Å². The summed E-state index contributed by atoms with van der Waals surface area (Å²) in [6.07, 6.45) is 1.30. The SMILES string of the molecule is CCn1cc(C(=O)O)c(=O)c2cc(F)c(N3CCNCC3c3cccc4c3COC4=O)cc21. The van der Waals surface area contributed by atoms with Crippen molar-refractivity contribution >= 4 is 28.5 Å². The molecule has 9 heteroatoms. The first-order chi connectivity index (χ1) is 15.9. The zero-order valence-corrected chi connectivity index (χ0v) is 17.9. The Morgan fingerprint density at radius 1 is 1.30 bits per heavy atom. The van der Waals surface area contributed by atoms with Crippen molar-refractivity contribution in [3.63, 3.8) is 0 Å². The summed E-state index contributed by atoms with van der Waals surface area (Å²) in [6, 6.07) is 7.94. The van der Waals surface area contributed by atoms with E-state index in [1.807, 2.05) is 17.9 Å². The molecule has 170 valence electrons. The second-order valence-electron chi connectivity index (χ2n) is 8.15. The average molecular weight is 451 g/mol. The number of cyclic esters (lactones) is 1. The minimum Gasteiger partial charge on any atom is -0.477 e. The number of carbonyl (C=O) groups excluding carboxylic acids is 1. The maximum atomic E-state index is 15.4. The molecule has 0 spiro atoms. The molecule has 1 unspecified atom stereocenters. The number of hydrogen-bond donors (Lipinski definition) is 2. The molecule has 3 aromatic rings. The monoisotopic (exact) mass is 451 g/mol. The van der Waals surface area contributed by atoms with Crippen LogP contribution in [0.4, 0.5) is 10.1 Å². The minimum atomic E-state index is -1.34. The predicted octanol–water partition coefficient (Wildman–Crippen LogP) is 2.68. The summed E-state index contributed by atoms with van der Waals surface area (Å²) in [4.78, 5) is 38.2. The van der Waals surface area contributed by atoms with Gasteiger partial charge in [0.15, 0.2) is 0 Å². The summed E-state index contributed by atoms with van der Waals surface area (Å²) in [5, 5.41) is 12.7. The molecular weight excluding hydrogens is 429 g/mol. The first-order valence-corrected chi connectivity index (χ1v) is 10.8. The lowest BCUT2D eigenvalue weighted by Crippen LogP contribution is -2.46. The van der Waals surface area contributed by atoms with E-state index in [1.54, 1.807) is 22.8 Å². The highest BCUT2D eigenvalue weighted by atomic mass is 19.1. The van der Waals surface area contributed by atoms with Crippen LogP contribution in [0.2, 0.25) is 0 Å². The first kappa shape index (κ1) is 21.1. The lowest BCUT2D eigenvalue weighted by Gasteiger charge is -2.39. The molecule has 1 fully saturated rings. The topological polar surface area (TPSA) is 101 Å². The molecule has 2 aliphatic heterocycles. The second-order valence-corrected chi connectivity index (χ2v) is 8.15. The molecule has 0 radical (unpaired) electrons. The van der Waals surface area contributed by atoms with Crippen molar-refractivity contribution < 1.29 is 23.8 Å². The summed E-state index contributed by atoms with van der Waals surface area (Å²) in [5.74, 6) is -2.30. The highest BCUT2D eigenvalue weighted by Crippen LogP contribution is 2.36. The number of halogens is 1. The van der Waals surface area contributed by atoms with Gasteiger partial charge in [0.2, 0.25) is 5.43 Å². The van der Waals surface area contributed by atoms with Crippen molar-refractivity contribution in [3.8, 4) is 0 Å². The smallest absolute Gasteiger partial charge is 0.341 e. The van der Waals surface area contributed by atoms with Gasteiger partial charge in [-0.3, -0.25) is 4.79 Å². The fourth-order valence-corrected chi connectivity index (χ4v) is 4.79. The number of benzene rings is 2. The van der Waals surface area contributed by atoms with E-state index in [4.69, 9.17) is 4.74 Å². The van der Waals surface area contributed by atoms with Gasteiger partial charge in [-0.15, -0.1) is 0 Å². The summed E-state index contributed by atoms with van der Waals surface area (Å²) in [6.45, 7) is 4.12. The van der Waals surface area contributed by atoms with Crippen LogP contribution >= 0.6 is 0 Å². The van der Waals surface area contributed by atoms with Gasteiger partial charge in [-0.2, -0.15) is 0 Å². The van der Waals surface area contributed by atoms with Crippen LogP contribution in [0.25, 0.3) is 10.9 Å². The number of carboxylic acid groups (broad SMARTS) is 1. The summed E-state index contributed by atoms with van der Waals surface area (Å²) in [7, 11) is 0. The summed E-state index contributed by atoms with van der Waals surface area (Å²) in [5.41, 5.74) is 1.91. The number of carbonyl (C=O) groups is 2. The quantitative estimate of drug-likeness (QED) is 0.588. The molecule has 2 N–H and O–H groups in total. The number of carboxylic acids is 1. The van der Waals surface area contributed by atoms with Gasteiger partial charge in [-0.1, -0.05) is 12.1 Å². The molecule has 0 amide bonds. The molecule has 2 aromatic carbocycles. The van der Waals surface area contributed by atoms with Gasteiger partial charge in [-0.25, -0.2) is 14.0 Å². The van der Waals surface area contributed by atoms with Gasteiger partial charge in [0.25, 0.3) is 0 Å². The average Bonchev–Trinajstić information content (AvgIpc) is 3.20. The van der Waals surface area contributed by atoms with E-state index in [9.17, 15) is 19.5 Å². The van der Waals surface area contributed by atoms with E-state index in [2.05, 4.69) is 5.32 Å². The van der Waals surface area contributed by atoms with Crippen LogP contribution in [0.1, 0.15) is 44.8 Å². The van der Waals surface area contributed by atoms with Crippen molar-refractivity contribution in [3.05, 3.63) is 74.8 Å². The molecule has 5 rings (SSSR count). The Kier molecular flexibility index (Phi) is 5.13. The lowest BCUT2D eigenvalue weighted by molar-refractivity contribution is 0.0534. The van der Waals surface area contributed by atoms with E-state index in [0.29, 0.717) is 42.9 Å². The van der Waals surface area contributed by atoms with Crippen molar-refractivity contribution in [1.29, 1.82) is 0 Å². The highest BCUT2D eigenvalue weighted by molar-refractivity contribution is 5.94. The number of pyridine rings is 1. The number of esters is 1. The standard InChI is InChI=1S/C24H22FN3O5/c1-2-27-11-16(23(30)31)22(29)15-8-18(25)20(9-19(15)27)28-7-6-26-10-21(28)13-4-3-5-14-17(13)12-33-24(14)32/h3-5,8-9,11,21,26H,2,6-7,10,12H2,1H3,(H,30,31). The van der Waals surface area contributed by atoms with Crippen molar-refractivity contribution in [2.24, 2.45) is 0 Å². The third kappa shape index (κ3) is 3.36. The molecule has 3 heterocycles. The number of hydrogen-bond acceptors (Lipinski definition) is 6. The van der Waals surface area contributed by atoms with Crippen LogP contribution in [0.15, 0.2) is 41.3 Å². The number of aromatic carboxylic acids is 1.